The molecule has 4 rings (SSSR count). The molecular weight excluding hydrogens is 405 g/mol. The number of amides is 2. The molecule has 0 aliphatic carbocycles. The predicted octanol–water partition coefficient (Wildman–Crippen LogP) is 2.70. The highest BCUT2D eigenvalue weighted by atomic mass is 19.1. The highest BCUT2D eigenvalue weighted by Crippen LogP contribution is 2.33. The molecule has 0 radical (unpaired) electrons. The molecule has 1 saturated heterocycles. The smallest absolute Gasteiger partial charge is 0.348 e. The van der Waals surface area contributed by atoms with Crippen LogP contribution in [0.25, 0.3) is 0 Å². The summed E-state index contributed by atoms with van der Waals surface area (Å²) in [6.07, 6.45) is -1.12. The molecule has 0 unspecified atom stereocenters. The molecule has 2 amide bonds. The van der Waals surface area contributed by atoms with E-state index in [-0.39, 0.29) is 24.3 Å². The number of cyclic esters (lactones) is 1. The zero-order chi connectivity index (χ0) is 22.3. The number of imide groups is 1. The van der Waals surface area contributed by atoms with Crippen molar-refractivity contribution in [1.29, 1.82) is 0 Å². The Bertz CT molecular complexity index is 1040. The Morgan fingerprint density at radius 2 is 1.68 bits per heavy atom. The standard InChI is InChI=1S/C23H20FNO6/c1-23(2)12-30-22(29)18(23)31-21(28)17(13-7-9-14(24)10-8-13)11-25-19(26)15-5-3-4-6-16(15)20(25)27/h3-10,17-18H,11-12H2,1-2H3/t17-,18+/m1/s1. The van der Waals surface area contributed by atoms with E-state index < -0.39 is 47.0 Å². The topological polar surface area (TPSA) is 90.0 Å². The van der Waals surface area contributed by atoms with Crippen molar-refractivity contribution in [2.75, 3.05) is 13.2 Å². The second-order valence-electron chi connectivity index (χ2n) is 8.28. The molecule has 0 bridgehead atoms. The lowest BCUT2D eigenvalue weighted by molar-refractivity contribution is -0.164. The first-order chi connectivity index (χ1) is 14.7. The van der Waals surface area contributed by atoms with E-state index in [4.69, 9.17) is 9.47 Å². The van der Waals surface area contributed by atoms with Crippen LogP contribution in [-0.4, -0.2) is 47.9 Å². The van der Waals surface area contributed by atoms with E-state index in [0.717, 1.165) is 4.90 Å². The first kappa shape index (κ1) is 20.7. The average molecular weight is 425 g/mol. The Morgan fingerprint density at radius 1 is 1.10 bits per heavy atom. The summed E-state index contributed by atoms with van der Waals surface area (Å²) in [5, 5.41) is 0. The molecular formula is C23H20FNO6. The fraction of sp³-hybridized carbons (Fsp3) is 0.304. The first-order valence-corrected chi connectivity index (χ1v) is 9.77. The van der Waals surface area contributed by atoms with Crippen LogP contribution < -0.4 is 0 Å². The lowest BCUT2D eigenvalue weighted by atomic mass is 9.89. The monoisotopic (exact) mass is 425 g/mol. The van der Waals surface area contributed by atoms with E-state index in [0.29, 0.717) is 5.56 Å². The molecule has 0 saturated carbocycles. The largest absolute Gasteiger partial charge is 0.462 e. The van der Waals surface area contributed by atoms with Gasteiger partial charge in [0.15, 0.2) is 0 Å². The molecule has 2 atom stereocenters. The summed E-state index contributed by atoms with van der Waals surface area (Å²) < 4.78 is 23.9. The SMILES string of the molecule is CC1(C)COC(=O)[C@@H]1OC(=O)[C@H](CN1C(=O)c2ccccc2C1=O)c1ccc(F)cc1. The normalized spacial score (nSPS) is 20.4. The highest BCUT2D eigenvalue weighted by Gasteiger charge is 2.48. The Kier molecular flexibility index (Phi) is 5.08. The molecule has 0 spiro atoms. The highest BCUT2D eigenvalue weighted by molar-refractivity contribution is 6.21. The van der Waals surface area contributed by atoms with Crippen molar-refractivity contribution in [3.63, 3.8) is 0 Å². The van der Waals surface area contributed by atoms with Crippen molar-refractivity contribution in [2.24, 2.45) is 5.41 Å². The minimum atomic E-state index is -1.12. The molecule has 160 valence electrons. The summed E-state index contributed by atoms with van der Waals surface area (Å²) in [5.74, 6) is -4.12. The van der Waals surface area contributed by atoms with Crippen LogP contribution in [0.5, 0.6) is 0 Å². The number of hydrogen-bond donors (Lipinski definition) is 0. The number of ether oxygens (including phenoxy) is 2. The molecule has 31 heavy (non-hydrogen) atoms. The quantitative estimate of drug-likeness (QED) is 0.541. The lowest BCUT2D eigenvalue weighted by Gasteiger charge is -2.26. The minimum absolute atomic E-state index is 0.101. The van der Waals surface area contributed by atoms with Crippen LogP contribution in [0, 0.1) is 11.2 Å². The zero-order valence-corrected chi connectivity index (χ0v) is 17.0. The van der Waals surface area contributed by atoms with Gasteiger partial charge in [-0.15, -0.1) is 0 Å². The van der Waals surface area contributed by atoms with E-state index >= 15 is 0 Å². The molecule has 2 aromatic carbocycles. The molecule has 8 heteroatoms. The molecule has 2 aliphatic rings. The van der Waals surface area contributed by atoms with Crippen LogP contribution >= 0.6 is 0 Å². The summed E-state index contributed by atoms with van der Waals surface area (Å²) in [5.41, 5.74) is 0.126. The number of nitrogens with zero attached hydrogens (tertiary/aromatic N) is 1. The molecule has 1 fully saturated rings. The van der Waals surface area contributed by atoms with Gasteiger partial charge in [0.2, 0.25) is 6.10 Å². The number of carbonyl (C=O) groups excluding carboxylic acids is 4. The molecule has 0 N–H and O–H groups in total. The number of esters is 2. The summed E-state index contributed by atoms with van der Waals surface area (Å²) in [7, 11) is 0. The number of benzene rings is 2. The van der Waals surface area contributed by atoms with Gasteiger partial charge in [-0.1, -0.05) is 38.1 Å². The molecule has 7 nitrogen and oxygen atoms in total. The number of carbonyl (C=O) groups is 4. The number of rotatable bonds is 5. The van der Waals surface area contributed by atoms with Gasteiger partial charge in [-0.05, 0) is 29.8 Å². The maximum Gasteiger partial charge on any atom is 0.348 e. The van der Waals surface area contributed by atoms with Crippen LogP contribution in [0.1, 0.15) is 46.0 Å². The second kappa shape index (κ2) is 7.61. The van der Waals surface area contributed by atoms with Gasteiger partial charge < -0.3 is 9.47 Å². The predicted molar refractivity (Wildman–Crippen MR) is 106 cm³/mol. The van der Waals surface area contributed by atoms with E-state index in [2.05, 4.69) is 0 Å². The zero-order valence-electron chi connectivity index (χ0n) is 17.0. The summed E-state index contributed by atoms with van der Waals surface area (Å²) in [4.78, 5) is 51.7. The Hall–Kier alpha value is -3.55. The van der Waals surface area contributed by atoms with Crippen molar-refractivity contribution in [2.45, 2.75) is 25.9 Å². The van der Waals surface area contributed by atoms with Gasteiger partial charge in [0.05, 0.1) is 11.1 Å². The fourth-order valence-corrected chi connectivity index (χ4v) is 3.73. The van der Waals surface area contributed by atoms with Gasteiger partial charge in [0.25, 0.3) is 11.8 Å². The van der Waals surface area contributed by atoms with Crippen molar-refractivity contribution in [3.05, 3.63) is 71.0 Å². The third kappa shape index (κ3) is 3.69. The van der Waals surface area contributed by atoms with E-state index in [9.17, 15) is 23.6 Å². The summed E-state index contributed by atoms with van der Waals surface area (Å²) >= 11 is 0. The van der Waals surface area contributed by atoms with Gasteiger partial charge in [0, 0.05) is 12.0 Å². The first-order valence-electron chi connectivity index (χ1n) is 9.77. The van der Waals surface area contributed by atoms with Gasteiger partial charge in [0.1, 0.15) is 18.3 Å². The van der Waals surface area contributed by atoms with Gasteiger partial charge in [-0.3, -0.25) is 19.3 Å². The Balaban J connectivity index is 1.63. The van der Waals surface area contributed by atoms with Crippen molar-refractivity contribution < 1.29 is 33.0 Å². The summed E-state index contributed by atoms with van der Waals surface area (Å²) in [6.45, 7) is 3.25. The maximum atomic E-state index is 13.4. The van der Waals surface area contributed by atoms with Gasteiger partial charge in [-0.2, -0.15) is 0 Å². The van der Waals surface area contributed by atoms with Crippen molar-refractivity contribution in [3.8, 4) is 0 Å². The Morgan fingerprint density at radius 3 is 2.19 bits per heavy atom. The van der Waals surface area contributed by atoms with Crippen LogP contribution in [0.15, 0.2) is 48.5 Å². The van der Waals surface area contributed by atoms with E-state index in [1.807, 2.05) is 0 Å². The fourth-order valence-electron chi connectivity index (χ4n) is 3.73. The second-order valence-corrected chi connectivity index (χ2v) is 8.28. The van der Waals surface area contributed by atoms with Crippen LogP contribution in [0.2, 0.25) is 0 Å². The molecule has 2 aliphatic heterocycles. The van der Waals surface area contributed by atoms with E-state index in [1.54, 1.807) is 26.0 Å². The van der Waals surface area contributed by atoms with Crippen LogP contribution in [0.4, 0.5) is 4.39 Å². The van der Waals surface area contributed by atoms with Crippen molar-refractivity contribution >= 4 is 23.8 Å². The third-order valence-electron chi connectivity index (χ3n) is 5.54. The average Bonchev–Trinajstić information content (AvgIpc) is 3.14. The van der Waals surface area contributed by atoms with Crippen LogP contribution in [-0.2, 0) is 19.1 Å². The molecule has 0 aromatic heterocycles. The molecule has 2 heterocycles. The lowest BCUT2D eigenvalue weighted by Crippen LogP contribution is -2.40. The maximum absolute atomic E-state index is 13.4. The molecule has 2 aromatic rings. The van der Waals surface area contributed by atoms with Crippen LogP contribution in [0.3, 0.4) is 0 Å². The number of fused-ring (bicyclic) bond motifs is 1. The van der Waals surface area contributed by atoms with Gasteiger partial charge >= 0.3 is 11.9 Å². The third-order valence-corrected chi connectivity index (χ3v) is 5.54. The minimum Gasteiger partial charge on any atom is -0.462 e. The number of halogens is 1. The van der Waals surface area contributed by atoms with Crippen molar-refractivity contribution in [1.82, 2.24) is 4.90 Å². The van der Waals surface area contributed by atoms with E-state index in [1.165, 1.54) is 36.4 Å². The summed E-state index contributed by atoms with van der Waals surface area (Å²) in [6, 6.07) is 11.5. The Labute approximate surface area is 177 Å². The number of hydrogen-bond acceptors (Lipinski definition) is 6. The van der Waals surface area contributed by atoms with Gasteiger partial charge in [-0.25, -0.2) is 9.18 Å².